The lowest BCUT2D eigenvalue weighted by Gasteiger charge is -2.08. The highest BCUT2D eigenvalue weighted by Gasteiger charge is 2.13. The van der Waals surface area contributed by atoms with Crippen LogP contribution in [0.15, 0.2) is 57.2 Å². The first kappa shape index (κ1) is 19.5. The fourth-order valence-electron chi connectivity index (χ4n) is 2.85. The lowest BCUT2D eigenvalue weighted by atomic mass is 10.3. The zero-order chi connectivity index (χ0) is 21.1. The molecule has 0 fully saturated rings. The highest BCUT2D eigenvalue weighted by molar-refractivity contribution is 7.14. The van der Waals surface area contributed by atoms with E-state index >= 15 is 0 Å². The van der Waals surface area contributed by atoms with Crippen molar-refractivity contribution in [3.63, 3.8) is 0 Å². The minimum Gasteiger partial charge on any atom is -0.458 e. The zero-order valence-corrected chi connectivity index (χ0v) is 16.7. The quantitative estimate of drug-likeness (QED) is 0.491. The molecular weight excluding hydrogens is 406 g/mol. The maximum absolute atomic E-state index is 12.5. The van der Waals surface area contributed by atoms with Crippen molar-refractivity contribution in [2.24, 2.45) is 0 Å². The van der Waals surface area contributed by atoms with Crippen molar-refractivity contribution in [1.82, 2.24) is 19.9 Å². The van der Waals surface area contributed by atoms with Gasteiger partial charge < -0.3 is 15.1 Å². The summed E-state index contributed by atoms with van der Waals surface area (Å²) in [5.74, 6) is 0.610. The molecule has 9 nitrogen and oxygen atoms in total. The van der Waals surface area contributed by atoms with Crippen LogP contribution in [0.25, 0.3) is 22.5 Å². The Bertz CT molecular complexity index is 1290. The van der Waals surface area contributed by atoms with Crippen LogP contribution in [0.3, 0.4) is 0 Å². The molecule has 0 saturated carbocycles. The van der Waals surface area contributed by atoms with Crippen molar-refractivity contribution in [2.45, 2.75) is 20.0 Å². The van der Waals surface area contributed by atoms with Gasteiger partial charge in [-0.1, -0.05) is 12.1 Å². The fraction of sp³-hybridized carbons (Fsp3) is 0.150. The van der Waals surface area contributed by atoms with Crippen LogP contribution in [-0.4, -0.2) is 26.3 Å². The number of carbonyl (C=O) groups is 2. The number of anilines is 1. The molecule has 0 aliphatic carbocycles. The van der Waals surface area contributed by atoms with Crippen molar-refractivity contribution in [3.05, 3.63) is 64.1 Å². The number of carbonyl (C=O) groups excluding carboxylic acids is 2. The van der Waals surface area contributed by atoms with Gasteiger partial charge in [0.15, 0.2) is 10.9 Å². The van der Waals surface area contributed by atoms with Crippen molar-refractivity contribution >= 4 is 39.3 Å². The molecule has 30 heavy (non-hydrogen) atoms. The molecule has 0 saturated heterocycles. The standard InChI is InChI=1S/C20H17N5O4S/c1-12(26)21-8-13-6-7-17(29-13)15-11-30-20(23-15)24-18(27)10-25-16-5-3-2-4-14(16)22-9-19(25)28/h2-7,9,11H,8,10H2,1H3,(H,21,26)(H,23,24,27). The van der Waals surface area contributed by atoms with E-state index in [1.807, 2.05) is 6.07 Å². The van der Waals surface area contributed by atoms with E-state index in [9.17, 15) is 14.4 Å². The lowest BCUT2D eigenvalue weighted by Crippen LogP contribution is -2.27. The largest absolute Gasteiger partial charge is 0.458 e. The predicted octanol–water partition coefficient (Wildman–Crippen LogP) is 2.39. The second-order valence-corrected chi connectivity index (χ2v) is 7.29. The molecule has 2 amide bonds. The molecule has 0 aliphatic heterocycles. The van der Waals surface area contributed by atoms with Gasteiger partial charge in [-0.2, -0.15) is 0 Å². The maximum atomic E-state index is 12.5. The summed E-state index contributed by atoms with van der Waals surface area (Å²) in [4.78, 5) is 44.1. The van der Waals surface area contributed by atoms with Gasteiger partial charge >= 0.3 is 0 Å². The van der Waals surface area contributed by atoms with E-state index in [1.54, 1.807) is 35.7 Å². The van der Waals surface area contributed by atoms with Gasteiger partial charge in [0.1, 0.15) is 18.0 Å². The van der Waals surface area contributed by atoms with Gasteiger partial charge in [-0.25, -0.2) is 9.97 Å². The Hall–Kier alpha value is -3.79. The van der Waals surface area contributed by atoms with Crippen molar-refractivity contribution < 1.29 is 14.0 Å². The predicted molar refractivity (Wildman–Crippen MR) is 112 cm³/mol. The lowest BCUT2D eigenvalue weighted by molar-refractivity contribution is -0.119. The molecule has 0 unspecified atom stereocenters. The average Bonchev–Trinajstić information content (AvgIpc) is 3.38. The molecule has 3 aromatic heterocycles. The third kappa shape index (κ3) is 4.28. The van der Waals surface area contributed by atoms with E-state index in [-0.39, 0.29) is 30.5 Å². The topological polar surface area (TPSA) is 119 Å². The number of nitrogens with one attached hydrogen (secondary N) is 2. The van der Waals surface area contributed by atoms with Crippen molar-refractivity contribution in [1.29, 1.82) is 0 Å². The molecule has 1 aromatic carbocycles. The van der Waals surface area contributed by atoms with E-state index in [0.29, 0.717) is 33.4 Å². The Balaban J connectivity index is 1.46. The van der Waals surface area contributed by atoms with Crippen LogP contribution < -0.4 is 16.2 Å². The third-order valence-corrected chi connectivity index (χ3v) is 4.99. The van der Waals surface area contributed by atoms with E-state index < -0.39 is 0 Å². The minimum absolute atomic E-state index is 0.146. The van der Waals surface area contributed by atoms with Crippen molar-refractivity contribution in [3.8, 4) is 11.5 Å². The van der Waals surface area contributed by atoms with Gasteiger partial charge in [0, 0.05) is 12.3 Å². The monoisotopic (exact) mass is 423 g/mol. The number of rotatable bonds is 6. The number of hydrogen-bond acceptors (Lipinski definition) is 7. The van der Waals surface area contributed by atoms with E-state index in [1.165, 1.54) is 29.0 Å². The van der Waals surface area contributed by atoms with E-state index in [2.05, 4.69) is 20.6 Å². The van der Waals surface area contributed by atoms with Crippen LogP contribution >= 0.6 is 11.3 Å². The Kier molecular flexibility index (Phi) is 5.40. The van der Waals surface area contributed by atoms with Gasteiger partial charge in [0.2, 0.25) is 11.8 Å². The Labute approximate surface area is 174 Å². The molecule has 4 aromatic rings. The van der Waals surface area contributed by atoms with Crippen LogP contribution in [0.2, 0.25) is 0 Å². The van der Waals surface area contributed by atoms with Gasteiger partial charge in [-0.3, -0.25) is 19.0 Å². The number of aromatic nitrogens is 3. The second kappa shape index (κ2) is 8.29. The van der Waals surface area contributed by atoms with Gasteiger partial charge in [-0.15, -0.1) is 11.3 Å². The molecule has 0 radical (unpaired) electrons. The molecular formula is C20H17N5O4S. The first-order valence-electron chi connectivity index (χ1n) is 9.03. The second-order valence-electron chi connectivity index (χ2n) is 6.43. The highest BCUT2D eigenvalue weighted by atomic mass is 32.1. The third-order valence-electron chi connectivity index (χ3n) is 4.23. The van der Waals surface area contributed by atoms with Gasteiger partial charge in [0.25, 0.3) is 5.56 Å². The number of nitrogens with zero attached hydrogens (tertiary/aromatic N) is 3. The maximum Gasteiger partial charge on any atom is 0.269 e. The Morgan fingerprint density at radius 3 is 2.87 bits per heavy atom. The molecule has 4 rings (SSSR count). The number of amides is 2. The number of para-hydroxylation sites is 2. The van der Waals surface area contributed by atoms with Gasteiger partial charge in [0.05, 0.1) is 23.8 Å². The first-order valence-corrected chi connectivity index (χ1v) is 9.91. The number of hydrogen-bond donors (Lipinski definition) is 2. The Morgan fingerprint density at radius 2 is 2.03 bits per heavy atom. The molecule has 3 heterocycles. The van der Waals surface area contributed by atoms with Crippen LogP contribution in [0.4, 0.5) is 5.13 Å². The molecule has 0 atom stereocenters. The van der Waals surface area contributed by atoms with Crippen LogP contribution in [-0.2, 0) is 22.7 Å². The molecule has 0 aliphatic rings. The average molecular weight is 423 g/mol. The normalized spacial score (nSPS) is 10.8. The molecule has 152 valence electrons. The molecule has 10 heteroatoms. The van der Waals surface area contributed by atoms with E-state index in [4.69, 9.17) is 4.42 Å². The highest BCUT2D eigenvalue weighted by Crippen LogP contribution is 2.26. The summed E-state index contributed by atoms with van der Waals surface area (Å²) in [6.45, 7) is 1.57. The Morgan fingerprint density at radius 1 is 1.20 bits per heavy atom. The van der Waals surface area contributed by atoms with Crippen LogP contribution in [0, 0.1) is 0 Å². The number of fused-ring (bicyclic) bond motifs is 1. The summed E-state index contributed by atoms with van der Waals surface area (Å²) in [7, 11) is 0. The summed E-state index contributed by atoms with van der Waals surface area (Å²) in [5.41, 5.74) is 1.43. The summed E-state index contributed by atoms with van der Waals surface area (Å²) in [5, 5.41) is 7.51. The summed E-state index contributed by atoms with van der Waals surface area (Å²) in [6.07, 6.45) is 1.20. The smallest absolute Gasteiger partial charge is 0.269 e. The summed E-state index contributed by atoms with van der Waals surface area (Å²) >= 11 is 1.25. The number of furan rings is 1. The fourth-order valence-corrected chi connectivity index (χ4v) is 3.56. The summed E-state index contributed by atoms with van der Waals surface area (Å²) in [6, 6.07) is 10.6. The molecule has 0 spiro atoms. The number of benzene rings is 1. The summed E-state index contributed by atoms with van der Waals surface area (Å²) < 4.78 is 7.03. The first-order chi connectivity index (χ1) is 14.5. The minimum atomic E-state index is -0.375. The van der Waals surface area contributed by atoms with Gasteiger partial charge in [-0.05, 0) is 24.3 Å². The SMILES string of the molecule is CC(=O)NCc1ccc(-c2csc(NC(=O)Cn3c(=O)cnc4ccccc43)n2)o1. The van der Waals surface area contributed by atoms with Crippen LogP contribution in [0.1, 0.15) is 12.7 Å². The van der Waals surface area contributed by atoms with E-state index in [0.717, 1.165) is 0 Å². The van der Waals surface area contributed by atoms with Crippen LogP contribution in [0.5, 0.6) is 0 Å². The molecule has 2 N–H and O–H groups in total. The molecule has 0 bridgehead atoms. The number of thiazole rings is 1. The zero-order valence-electron chi connectivity index (χ0n) is 15.9. The van der Waals surface area contributed by atoms with Crippen molar-refractivity contribution in [2.75, 3.05) is 5.32 Å².